The smallest absolute Gasteiger partial charge is 0.302 e. The molecule has 19 heavy (non-hydrogen) atoms. The third-order valence-corrected chi connectivity index (χ3v) is 1.63. The quantitative estimate of drug-likeness (QED) is 0.571. The Morgan fingerprint density at radius 3 is 1.47 bits per heavy atom. The molecule has 0 fully saturated rings. The average Bonchev–Trinajstić information content (AvgIpc) is 2.29. The number of hydrogen-bond donors (Lipinski definition) is 1. The first-order valence-corrected chi connectivity index (χ1v) is 6.82. The molecule has 0 aliphatic rings. The van der Waals surface area contributed by atoms with Crippen LogP contribution in [0.3, 0.4) is 0 Å². The first-order chi connectivity index (χ1) is 8.92. The SMILES string of the molecule is CC(=O)O.CCCCOCCCC.CCOC(C)=O. The van der Waals surface area contributed by atoms with Gasteiger partial charge in [-0.1, -0.05) is 26.7 Å². The van der Waals surface area contributed by atoms with E-state index in [2.05, 4.69) is 18.6 Å². The Morgan fingerprint density at radius 1 is 0.947 bits per heavy atom. The lowest BCUT2D eigenvalue weighted by atomic mass is 10.3. The summed E-state index contributed by atoms with van der Waals surface area (Å²) >= 11 is 0. The topological polar surface area (TPSA) is 72.8 Å². The molecule has 0 saturated carbocycles. The highest BCUT2D eigenvalue weighted by molar-refractivity contribution is 5.65. The van der Waals surface area contributed by atoms with Crippen molar-refractivity contribution in [2.45, 2.75) is 60.3 Å². The molecule has 0 aromatic rings. The summed E-state index contributed by atoms with van der Waals surface area (Å²) in [5, 5.41) is 7.42. The summed E-state index contributed by atoms with van der Waals surface area (Å²) in [6.45, 7) is 11.0. The molecule has 1 N–H and O–H groups in total. The van der Waals surface area contributed by atoms with Crippen molar-refractivity contribution in [3.63, 3.8) is 0 Å². The molecular formula is C14H30O5. The fraction of sp³-hybridized carbons (Fsp3) is 0.857. The van der Waals surface area contributed by atoms with Crippen molar-refractivity contribution in [2.24, 2.45) is 0 Å². The van der Waals surface area contributed by atoms with E-state index in [-0.39, 0.29) is 5.97 Å². The molecule has 5 nitrogen and oxygen atoms in total. The fourth-order valence-electron chi connectivity index (χ4n) is 0.798. The summed E-state index contributed by atoms with van der Waals surface area (Å²) in [6.07, 6.45) is 4.91. The summed E-state index contributed by atoms with van der Waals surface area (Å²) in [4.78, 5) is 18.8. The van der Waals surface area contributed by atoms with Crippen molar-refractivity contribution in [1.29, 1.82) is 0 Å². The number of ether oxygens (including phenoxy) is 2. The minimum atomic E-state index is -0.833. The van der Waals surface area contributed by atoms with Crippen molar-refractivity contribution in [3.05, 3.63) is 0 Å². The Hall–Kier alpha value is -1.10. The molecule has 0 aromatic heterocycles. The molecule has 0 saturated heterocycles. The van der Waals surface area contributed by atoms with Crippen LogP contribution in [0.4, 0.5) is 0 Å². The van der Waals surface area contributed by atoms with Crippen LogP contribution >= 0.6 is 0 Å². The standard InChI is InChI=1S/C8H18O.C4H8O2.C2H4O2/c1-3-5-7-9-8-6-4-2;1-3-6-4(2)5;1-2(3)4/h3-8H2,1-2H3;3H2,1-2H3;1H3,(H,3,4). The van der Waals surface area contributed by atoms with Crippen LogP contribution in [0.1, 0.15) is 60.3 Å². The van der Waals surface area contributed by atoms with Gasteiger partial charge < -0.3 is 14.6 Å². The van der Waals surface area contributed by atoms with Gasteiger partial charge in [0.15, 0.2) is 0 Å². The molecular weight excluding hydrogens is 248 g/mol. The highest BCUT2D eigenvalue weighted by Gasteiger charge is 1.84. The lowest BCUT2D eigenvalue weighted by molar-refractivity contribution is -0.140. The van der Waals surface area contributed by atoms with Gasteiger partial charge in [-0.25, -0.2) is 0 Å². The fourth-order valence-corrected chi connectivity index (χ4v) is 0.798. The Balaban J connectivity index is -0.000000222. The number of aliphatic carboxylic acids is 1. The second kappa shape index (κ2) is 22.1. The van der Waals surface area contributed by atoms with Crippen molar-refractivity contribution < 1.29 is 24.2 Å². The molecule has 0 amide bonds. The van der Waals surface area contributed by atoms with Crippen molar-refractivity contribution in [1.82, 2.24) is 0 Å². The number of esters is 1. The van der Waals surface area contributed by atoms with Crippen LogP contribution in [0.15, 0.2) is 0 Å². The van der Waals surface area contributed by atoms with Gasteiger partial charge in [0.05, 0.1) is 6.61 Å². The summed E-state index contributed by atoms with van der Waals surface area (Å²) < 4.78 is 9.72. The number of carboxylic acid groups (broad SMARTS) is 1. The van der Waals surface area contributed by atoms with Gasteiger partial charge in [0.1, 0.15) is 0 Å². The number of rotatable bonds is 7. The molecule has 0 aliphatic heterocycles. The van der Waals surface area contributed by atoms with Crippen molar-refractivity contribution in [3.8, 4) is 0 Å². The van der Waals surface area contributed by atoms with E-state index in [9.17, 15) is 4.79 Å². The van der Waals surface area contributed by atoms with Gasteiger partial charge >= 0.3 is 5.97 Å². The second-order valence-corrected chi connectivity index (χ2v) is 3.76. The maximum atomic E-state index is 9.82. The van der Waals surface area contributed by atoms with Crippen LogP contribution in [-0.2, 0) is 19.1 Å². The predicted octanol–water partition coefficient (Wildman–Crippen LogP) is 3.26. The van der Waals surface area contributed by atoms with Crippen LogP contribution in [0.2, 0.25) is 0 Å². The van der Waals surface area contributed by atoms with Crippen LogP contribution in [-0.4, -0.2) is 36.9 Å². The number of carboxylic acids is 1. The maximum absolute atomic E-state index is 9.82. The molecule has 0 spiro atoms. The zero-order valence-corrected chi connectivity index (χ0v) is 13.0. The maximum Gasteiger partial charge on any atom is 0.302 e. The minimum Gasteiger partial charge on any atom is -0.481 e. The lowest BCUT2D eigenvalue weighted by Gasteiger charge is -1.99. The molecule has 0 rings (SSSR count). The van der Waals surface area contributed by atoms with Gasteiger partial charge in [0.25, 0.3) is 5.97 Å². The molecule has 0 aliphatic carbocycles. The molecule has 0 radical (unpaired) electrons. The van der Waals surface area contributed by atoms with Gasteiger partial charge in [-0.15, -0.1) is 0 Å². The molecule has 0 aromatic carbocycles. The molecule has 116 valence electrons. The number of carbonyl (C=O) groups is 2. The van der Waals surface area contributed by atoms with Crippen molar-refractivity contribution in [2.75, 3.05) is 19.8 Å². The van der Waals surface area contributed by atoms with Crippen molar-refractivity contribution >= 4 is 11.9 Å². The largest absolute Gasteiger partial charge is 0.481 e. The summed E-state index contributed by atoms with van der Waals surface area (Å²) in [5.74, 6) is -1.04. The molecule has 0 bridgehead atoms. The lowest BCUT2D eigenvalue weighted by Crippen LogP contribution is -1.95. The Kier molecular flexibility index (Phi) is 26.8. The van der Waals surface area contributed by atoms with Crippen LogP contribution in [0.5, 0.6) is 0 Å². The van der Waals surface area contributed by atoms with E-state index >= 15 is 0 Å². The Labute approximate surface area is 117 Å². The van der Waals surface area contributed by atoms with E-state index in [1.165, 1.54) is 32.6 Å². The Morgan fingerprint density at radius 2 is 1.32 bits per heavy atom. The highest BCUT2D eigenvalue weighted by Crippen LogP contribution is 1.91. The van der Waals surface area contributed by atoms with E-state index in [4.69, 9.17) is 14.6 Å². The van der Waals surface area contributed by atoms with Gasteiger partial charge in [0, 0.05) is 27.1 Å². The van der Waals surface area contributed by atoms with Crippen LogP contribution in [0.25, 0.3) is 0 Å². The first-order valence-electron chi connectivity index (χ1n) is 6.82. The zero-order chi connectivity index (χ0) is 15.5. The van der Waals surface area contributed by atoms with Gasteiger partial charge in [-0.2, -0.15) is 0 Å². The first kappa shape index (κ1) is 23.0. The molecule has 0 unspecified atom stereocenters. The Bertz CT molecular complexity index is 182. The predicted molar refractivity (Wildman–Crippen MR) is 76.3 cm³/mol. The summed E-state index contributed by atoms with van der Waals surface area (Å²) in [7, 11) is 0. The number of hydrogen-bond acceptors (Lipinski definition) is 4. The van der Waals surface area contributed by atoms with Gasteiger partial charge in [-0.05, 0) is 19.8 Å². The van der Waals surface area contributed by atoms with E-state index in [0.29, 0.717) is 6.61 Å². The molecule has 5 heteroatoms. The normalized spacial score (nSPS) is 8.47. The van der Waals surface area contributed by atoms with E-state index in [1.54, 1.807) is 6.92 Å². The minimum absolute atomic E-state index is 0.211. The summed E-state index contributed by atoms with van der Waals surface area (Å²) in [6, 6.07) is 0. The third kappa shape index (κ3) is 60.1. The third-order valence-electron chi connectivity index (χ3n) is 1.63. The zero-order valence-electron chi connectivity index (χ0n) is 13.0. The second-order valence-electron chi connectivity index (χ2n) is 3.76. The average molecular weight is 278 g/mol. The van der Waals surface area contributed by atoms with E-state index in [1.807, 2.05) is 0 Å². The van der Waals surface area contributed by atoms with E-state index < -0.39 is 5.97 Å². The summed E-state index contributed by atoms with van der Waals surface area (Å²) in [5.41, 5.74) is 0. The highest BCUT2D eigenvalue weighted by atomic mass is 16.5. The molecule has 0 heterocycles. The van der Waals surface area contributed by atoms with Crippen LogP contribution in [0, 0.1) is 0 Å². The van der Waals surface area contributed by atoms with Crippen LogP contribution < -0.4 is 0 Å². The monoisotopic (exact) mass is 278 g/mol. The van der Waals surface area contributed by atoms with Gasteiger partial charge in [0.2, 0.25) is 0 Å². The molecule has 0 atom stereocenters. The van der Waals surface area contributed by atoms with Gasteiger partial charge in [-0.3, -0.25) is 9.59 Å². The van der Waals surface area contributed by atoms with E-state index in [0.717, 1.165) is 20.1 Å². The number of carbonyl (C=O) groups excluding carboxylic acids is 1. The number of unbranched alkanes of at least 4 members (excludes halogenated alkanes) is 2.